The number of methoxy groups -OCH3 is 1. The number of ether oxygens (including phenoxy) is 1. The number of esters is 1. The van der Waals surface area contributed by atoms with E-state index in [0.29, 0.717) is 18.3 Å². The lowest BCUT2D eigenvalue weighted by Crippen LogP contribution is -2.17. The smallest absolute Gasteiger partial charge is 0.308 e. The molecule has 106 valence electrons. The Kier molecular flexibility index (Phi) is 3.41. The van der Waals surface area contributed by atoms with Gasteiger partial charge in [-0.3, -0.25) is 4.79 Å². The number of carbonyl (C=O) groups is 1. The fourth-order valence-electron chi connectivity index (χ4n) is 3.02. The molecule has 0 radical (unpaired) electrons. The van der Waals surface area contributed by atoms with E-state index in [1.165, 1.54) is 7.11 Å². The van der Waals surface area contributed by atoms with E-state index in [2.05, 4.69) is 15.0 Å². The second-order valence-corrected chi connectivity index (χ2v) is 5.52. The summed E-state index contributed by atoms with van der Waals surface area (Å²) in [6.07, 6.45) is 4.37. The molecule has 7 heteroatoms. The van der Waals surface area contributed by atoms with Gasteiger partial charge in [0.25, 0.3) is 0 Å². The van der Waals surface area contributed by atoms with E-state index in [1.807, 2.05) is 0 Å². The van der Waals surface area contributed by atoms with E-state index < -0.39 is 5.82 Å². The Bertz CT molecular complexity index is 581. The highest BCUT2D eigenvalue weighted by Gasteiger charge is 2.56. The Morgan fingerprint density at radius 3 is 3.10 bits per heavy atom. The van der Waals surface area contributed by atoms with Crippen LogP contribution in [-0.2, 0) is 9.53 Å². The third-order valence-corrected chi connectivity index (χ3v) is 4.25. The molecule has 4 atom stereocenters. The molecule has 5 nitrogen and oxygen atoms in total. The van der Waals surface area contributed by atoms with Crippen LogP contribution in [0, 0.1) is 29.5 Å². The molecule has 2 saturated carbocycles. The minimum atomic E-state index is -0.611. The maximum absolute atomic E-state index is 13.4. The van der Waals surface area contributed by atoms with Crippen molar-refractivity contribution in [2.75, 3.05) is 7.11 Å². The second kappa shape index (κ2) is 5.09. The van der Waals surface area contributed by atoms with Gasteiger partial charge >= 0.3 is 5.97 Å². The third-order valence-electron chi connectivity index (χ3n) is 4.07. The molecule has 0 bridgehead atoms. The lowest BCUT2D eigenvalue weighted by Gasteiger charge is -2.10. The summed E-state index contributed by atoms with van der Waals surface area (Å²) in [5.41, 5.74) is 0. The molecule has 20 heavy (non-hydrogen) atoms. The molecule has 0 aromatic carbocycles. The highest BCUT2D eigenvalue weighted by atomic mass is 35.5. The van der Waals surface area contributed by atoms with Crippen LogP contribution in [0.4, 0.5) is 10.2 Å². The van der Waals surface area contributed by atoms with Crippen LogP contribution >= 0.6 is 11.6 Å². The maximum Gasteiger partial charge on any atom is 0.308 e. The first-order valence-electron chi connectivity index (χ1n) is 6.40. The summed E-state index contributed by atoms with van der Waals surface area (Å²) >= 11 is 5.61. The van der Waals surface area contributed by atoms with Gasteiger partial charge in [0, 0.05) is 6.21 Å². The van der Waals surface area contributed by atoms with E-state index in [1.54, 1.807) is 6.21 Å². The zero-order valence-electron chi connectivity index (χ0n) is 10.8. The fourth-order valence-corrected chi connectivity index (χ4v) is 3.15. The zero-order chi connectivity index (χ0) is 14.3. The lowest BCUT2D eigenvalue weighted by molar-refractivity contribution is -0.146. The van der Waals surface area contributed by atoms with E-state index in [9.17, 15) is 9.18 Å². The number of rotatable bonds is 3. The van der Waals surface area contributed by atoms with Crippen molar-refractivity contribution in [1.29, 1.82) is 0 Å². The Morgan fingerprint density at radius 1 is 1.55 bits per heavy atom. The van der Waals surface area contributed by atoms with Crippen molar-refractivity contribution in [2.45, 2.75) is 12.8 Å². The predicted octanol–water partition coefficient (Wildman–Crippen LogP) is 2.42. The van der Waals surface area contributed by atoms with Gasteiger partial charge in [0.05, 0.1) is 19.2 Å². The van der Waals surface area contributed by atoms with Gasteiger partial charge < -0.3 is 4.74 Å². The number of halogens is 2. The molecule has 2 aliphatic rings. The summed E-state index contributed by atoms with van der Waals surface area (Å²) in [5.74, 6) is 0.104. The van der Waals surface area contributed by atoms with Crippen LogP contribution in [-0.4, -0.2) is 29.3 Å². The number of hydrogen-bond donors (Lipinski definition) is 0. The first-order chi connectivity index (χ1) is 9.60. The number of hydrogen-bond acceptors (Lipinski definition) is 5. The highest BCUT2D eigenvalue weighted by molar-refractivity contribution is 6.28. The molecule has 2 aliphatic carbocycles. The van der Waals surface area contributed by atoms with Gasteiger partial charge in [0.2, 0.25) is 5.28 Å². The normalized spacial score (nSPS) is 31.4. The quantitative estimate of drug-likeness (QED) is 0.488. The third kappa shape index (κ3) is 2.40. The van der Waals surface area contributed by atoms with Gasteiger partial charge in [-0.25, -0.2) is 14.4 Å². The standard InChI is InChI=1S/C13H13ClFN3O2/c1-20-12(19)9-2-6(7-3-8(7)9)4-16-11-10(15)5-17-13(14)18-11/h4-9H,2-3H2,1H3/t6?,7?,8?,9-/m0/s1. The van der Waals surface area contributed by atoms with Gasteiger partial charge in [0.15, 0.2) is 11.6 Å². The van der Waals surface area contributed by atoms with Crippen LogP contribution in [0.1, 0.15) is 12.8 Å². The number of nitrogens with zero attached hydrogens (tertiary/aromatic N) is 3. The van der Waals surface area contributed by atoms with E-state index in [-0.39, 0.29) is 28.9 Å². The van der Waals surface area contributed by atoms with Gasteiger partial charge in [-0.1, -0.05) is 0 Å². The van der Waals surface area contributed by atoms with Crippen LogP contribution in [0.3, 0.4) is 0 Å². The van der Waals surface area contributed by atoms with Gasteiger partial charge in [-0.15, -0.1) is 0 Å². The second-order valence-electron chi connectivity index (χ2n) is 5.18. The SMILES string of the molecule is COC(=O)[C@H]1CC(C=Nc2nc(Cl)ncc2F)C2CC21. The van der Waals surface area contributed by atoms with Crippen LogP contribution in [0.15, 0.2) is 11.2 Å². The summed E-state index contributed by atoms with van der Waals surface area (Å²) < 4.78 is 18.2. The highest BCUT2D eigenvalue weighted by Crippen LogP contribution is 2.58. The summed E-state index contributed by atoms with van der Waals surface area (Å²) in [7, 11) is 1.40. The van der Waals surface area contributed by atoms with Crippen molar-refractivity contribution in [3.8, 4) is 0 Å². The summed E-state index contributed by atoms with van der Waals surface area (Å²) in [6.45, 7) is 0. The predicted molar refractivity (Wildman–Crippen MR) is 70.4 cm³/mol. The van der Waals surface area contributed by atoms with E-state index in [0.717, 1.165) is 12.6 Å². The van der Waals surface area contributed by atoms with E-state index in [4.69, 9.17) is 16.3 Å². The average Bonchev–Trinajstić information content (AvgIpc) is 3.15. The largest absolute Gasteiger partial charge is 0.469 e. The molecule has 0 amide bonds. The Morgan fingerprint density at radius 2 is 2.35 bits per heavy atom. The molecular weight excluding hydrogens is 285 g/mol. The minimum absolute atomic E-state index is 0.0401. The number of aliphatic imine (C=N–C) groups is 1. The molecule has 1 heterocycles. The Hall–Kier alpha value is -1.56. The molecule has 0 aliphatic heterocycles. The maximum atomic E-state index is 13.4. The van der Waals surface area contributed by atoms with Crippen molar-refractivity contribution >= 4 is 29.6 Å². The van der Waals surface area contributed by atoms with Crippen LogP contribution in [0.25, 0.3) is 0 Å². The zero-order valence-corrected chi connectivity index (χ0v) is 11.5. The van der Waals surface area contributed by atoms with E-state index >= 15 is 0 Å². The van der Waals surface area contributed by atoms with Crippen molar-refractivity contribution in [3.63, 3.8) is 0 Å². The first-order valence-corrected chi connectivity index (χ1v) is 6.78. The van der Waals surface area contributed by atoms with Crippen LogP contribution in [0.2, 0.25) is 5.28 Å². The molecule has 3 rings (SSSR count). The topological polar surface area (TPSA) is 64.4 Å². The van der Waals surface area contributed by atoms with Crippen molar-refractivity contribution in [2.24, 2.45) is 28.7 Å². The van der Waals surface area contributed by atoms with Crippen molar-refractivity contribution < 1.29 is 13.9 Å². The molecule has 1 aromatic rings. The molecular formula is C13H13ClFN3O2. The van der Waals surface area contributed by atoms with Gasteiger partial charge in [-0.2, -0.15) is 4.98 Å². The number of aromatic nitrogens is 2. The molecule has 0 saturated heterocycles. The summed E-state index contributed by atoms with van der Waals surface area (Å²) in [4.78, 5) is 22.9. The summed E-state index contributed by atoms with van der Waals surface area (Å²) in [6, 6.07) is 0. The van der Waals surface area contributed by atoms with Gasteiger partial charge in [-0.05, 0) is 42.2 Å². The minimum Gasteiger partial charge on any atom is -0.469 e. The Balaban J connectivity index is 1.72. The monoisotopic (exact) mass is 297 g/mol. The van der Waals surface area contributed by atoms with Crippen LogP contribution < -0.4 is 0 Å². The van der Waals surface area contributed by atoms with Gasteiger partial charge in [0.1, 0.15) is 0 Å². The fraction of sp³-hybridized carbons (Fsp3) is 0.538. The average molecular weight is 298 g/mol. The van der Waals surface area contributed by atoms with Crippen molar-refractivity contribution in [3.05, 3.63) is 17.3 Å². The molecule has 1 aromatic heterocycles. The number of fused-ring (bicyclic) bond motifs is 1. The van der Waals surface area contributed by atoms with Crippen LogP contribution in [0.5, 0.6) is 0 Å². The molecule has 3 unspecified atom stereocenters. The number of carbonyl (C=O) groups excluding carboxylic acids is 1. The molecule has 0 spiro atoms. The summed E-state index contributed by atoms with van der Waals surface area (Å²) in [5, 5.41) is -0.0401. The molecule has 2 fully saturated rings. The Labute approximate surface area is 120 Å². The lowest BCUT2D eigenvalue weighted by atomic mass is 9.98. The van der Waals surface area contributed by atoms with Crippen molar-refractivity contribution in [1.82, 2.24) is 9.97 Å². The first kappa shape index (κ1) is 13.4. The molecule has 0 N–H and O–H groups in total.